The molecule has 1 unspecified atom stereocenters. The third kappa shape index (κ3) is 4.08. The number of benzene rings is 1. The highest BCUT2D eigenvalue weighted by Gasteiger charge is 2.37. The number of nitrogens with zero attached hydrogens (tertiary/aromatic N) is 1. The van der Waals surface area contributed by atoms with Crippen LogP contribution in [0.3, 0.4) is 0 Å². The van der Waals surface area contributed by atoms with E-state index in [2.05, 4.69) is 6.07 Å². The van der Waals surface area contributed by atoms with Gasteiger partial charge < -0.3 is 19.9 Å². The third-order valence-corrected chi connectivity index (χ3v) is 4.43. The molecule has 1 aromatic carbocycles. The lowest BCUT2D eigenvalue weighted by molar-refractivity contribution is -0.139. The number of rotatable bonds is 6. The molecular weight excluding hydrogens is 344 g/mol. The van der Waals surface area contributed by atoms with Gasteiger partial charge in [0.25, 0.3) is 0 Å². The zero-order valence-electron chi connectivity index (χ0n) is 16.5. The standard InChI is InChI=1S/C21H26N2O4/c1-6-8-26-15-9-12(3)17(13(4)10-15)19-16(11-22)20(23)27-14(5)18(19)21(24)25-7-2/h9-10,19H,6-8,23H2,1-5H3. The van der Waals surface area contributed by atoms with Crippen LogP contribution in [0, 0.1) is 25.2 Å². The smallest absolute Gasteiger partial charge is 0.338 e. The van der Waals surface area contributed by atoms with E-state index in [0.29, 0.717) is 17.9 Å². The number of carbonyl (C=O) groups excluding carboxylic acids is 1. The summed E-state index contributed by atoms with van der Waals surface area (Å²) < 4.78 is 16.4. The van der Waals surface area contributed by atoms with Crippen molar-refractivity contribution in [1.82, 2.24) is 0 Å². The van der Waals surface area contributed by atoms with E-state index in [1.54, 1.807) is 13.8 Å². The van der Waals surface area contributed by atoms with Crippen LogP contribution in [-0.4, -0.2) is 19.2 Å². The van der Waals surface area contributed by atoms with Crippen molar-refractivity contribution in [1.29, 1.82) is 5.26 Å². The fourth-order valence-corrected chi connectivity index (χ4v) is 3.34. The first-order chi connectivity index (χ1) is 12.8. The molecule has 27 heavy (non-hydrogen) atoms. The average Bonchev–Trinajstić information content (AvgIpc) is 2.59. The van der Waals surface area contributed by atoms with Crippen LogP contribution >= 0.6 is 0 Å². The summed E-state index contributed by atoms with van der Waals surface area (Å²) in [7, 11) is 0. The number of carbonyl (C=O) groups is 1. The summed E-state index contributed by atoms with van der Waals surface area (Å²) in [5, 5.41) is 9.69. The lowest BCUT2D eigenvalue weighted by Crippen LogP contribution is -2.26. The Morgan fingerprint density at radius 1 is 1.26 bits per heavy atom. The largest absolute Gasteiger partial charge is 0.494 e. The first-order valence-corrected chi connectivity index (χ1v) is 9.05. The minimum Gasteiger partial charge on any atom is -0.494 e. The van der Waals surface area contributed by atoms with Gasteiger partial charge in [-0.05, 0) is 62.9 Å². The van der Waals surface area contributed by atoms with E-state index in [0.717, 1.165) is 28.9 Å². The summed E-state index contributed by atoms with van der Waals surface area (Å²) in [6.07, 6.45) is 0.909. The fraction of sp³-hybridized carbons (Fsp3) is 0.429. The molecule has 0 aromatic heterocycles. The minimum absolute atomic E-state index is 0.0122. The lowest BCUT2D eigenvalue weighted by atomic mass is 9.79. The number of ether oxygens (including phenoxy) is 3. The monoisotopic (exact) mass is 370 g/mol. The second-order valence-electron chi connectivity index (χ2n) is 6.43. The Labute approximate surface area is 160 Å². The number of esters is 1. The van der Waals surface area contributed by atoms with Gasteiger partial charge in [-0.15, -0.1) is 0 Å². The Hall–Kier alpha value is -2.94. The molecule has 1 atom stereocenters. The van der Waals surface area contributed by atoms with Crippen LogP contribution in [0.1, 0.15) is 49.8 Å². The Kier molecular flexibility index (Phi) is 6.51. The summed E-state index contributed by atoms with van der Waals surface area (Å²) in [5.41, 5.74) is 9.12. The molecule has 144 valence electrons. The van der Waals surface area contributed by atoms with E-state index in [-0.39, 0.29) is 18.1 Å². The van der Waals surface area contributed by atoms with Gasteiger partial charge in [0.1, 0.15) is 23.2 Å². The van der Waals surface area contributed by atoms with Crippen molar-refractivity contribution in [2.45, 2.75) is 47.0 Å². The maximum Gasteiger partial charge on any atom is 0.338 e. The van der Waals surface area contributed by atoms with Gasteiger partial charge in [0.05, 0.1) is 24.7 Å². The fourth-order valence-electron chi connectivity index (χ4n) is 3.34. The van der Waals surface area contributed by atoms with Gasteiger partial charge >= 0.3 is 5.97 Å². The summed E-state index contributed by atoms with van der Waals surface area (Å²) in [6.45, 7) is 10.1. The second kappa shape index (κ2) is 8.63. The van der Waals surface area contributed by atoms with Gasteiger partial charge in [0, 0.05) is 0 Å². The van der Waals surface area contributed by atoms with Gasteiger partial charge in [0.15, 0.2) is 0 Å². The van der Waals surface area contributed by atoms with E-state index in [4.69, 9.17) is 19.9 Å². The summed E-state index contributed by atoms with van der Waals surface area (Å²) in [4.78, 5) is 12.6. The molecular formula is C21H26N2O4. The van der Waals surface area contributed by atoms with Crippen LogP contribution in [0.5, 0.6) is 5.75 Å². The normalized spacial score (nSPS) is 16.7. The SMILES string of the molecule is CCCOc1cc(C)c(C2C(C#N)=C(N)OC(C)=C2C(=O)OCC)c(C)c1. The minimum atomic E-state index is -0.636. The van der Waals surface area contributed by atoms with Gasteiger partial charge in [-0.3, -0.25) is 0 Å². The Balaban J connectivity index is 2.65. The van der Waals surface area contributed by atoms with Crippen molar-refractivity contribution in [3.63, 3.8) is 0 Å². The highest BCUT2D eigenvalue weighted by atomic mass is 16.5. The van der Waals surface area contributed by atoms with Crippen molar-refractivity contribution in [3.05, 3.63) is 51.6 Å². The molecule has 0 saturated carbocycles. The molecule has 1 aliphatic rings. The van der Waals surface area contributed by atoms with E-state index >= 15 is 0 Å². The van der Waals surface area contributed by atoms with Gasteiger partial charge in [-0.1, -0.05) is 6.92 Å². The summed E-state index contributed by atoms with van der Waals surface area (Å²) in [5.74, 6) is -0.0249. The van der Waals surface area contributed by atoms with Crippen LogP contribution in [0.2, 0.25) is 0 Å². The zero-order chi connectivity index (χ0) is 20.1. The number of hydrogen-bond acceptors (Lipinski definition) is 6. The predicted octanol–water partition coefficient (Wildman–Crippen LogP) is 3.74. The predicted molar refractivity (Wildman–Crippen MR) is 102 cm³/mol. The van der Waals surface area contributed by atoms with Crippen molar-refractivity contribution in [3.8, 4) is 11.8 Å². The first kappa shape index (κ1) is 20.4. The van der Waals surface area contributed by atoms with Crippen LogP contribution < -0.4 is 10.5 Å². The number of aryl methyl sites for hydroxylation is 2. The topological polar surface area (TPSA) is 94.6 Å². The highest BCUT2D eigenvalue weighted by molar-refractivity contribution is 5.92. The van der Waals surface area contributed by atoms with Crippen LogP contribution in [0.15, 0.2) is 34.9 Å². The number of hydrogen-bond donors (Lipinski definition) is 1. The van der Waals surface area contributed by atoms with E-state index in [1.165, 1.54) is 0 Å². The van der Waals surface area contributed by atoms with Gasteiger partial charge in [0.2, 0.25) is 5.88 Å². The van der Waals surface area contributed by atoms with E-state index in [9.17, 15) is 10.1 Å². The van der Waals surface area contributed by atoms with E-state index in [1.807, 2.05) is 32.9 Å². The van der Waals surface area contributed by atoms with E-state index < -0.39 is 11.9 Å². The molecule has 1 heterocycles. The van der Waals surface area contributed by atoms with Crippen molar-refractivity contribution >= 4 is 5.97 Å². The van der Waals surface area contributed by atoms with Crippen molar-refractivity contribution in [2.75, 3.05) is 13.2 Å². The van der Waals surface area contributed by atoms with Gasteiger partial charge in [-0.2, -0.15) is 5.26 Å². The van der Waals surface area contributed by atoms with Crippen molar-refractivity contribution in [2.24, 2.45) is 5.73 Å². The maximum atomic E-state index is 12.6. The van der Waals surface area contributed by atoms with Crippen molar-refractivity contribution < 1.29 is 19.0 Å². The molecule has 6 nitrogen and oxygen atoms in total. The molecule has 2 N–H and O–H groups in total. The molecule has 1 aromatic rings. The molecule has 0 spiro atoms. The Morgan fingerprint density at radius 2 is 1.89 bits per heavy atom. The molecule has 0 saturated heterocycles. The number of nitrogens with two attached hydrogens (primary N) is 1. The molecule has 0 bridgehead atoms. The summed E-state index contributed by atoms with van der Waals surface area (Å²) >= 11 is 0. The van der Waals surface area contributed by atoms with Gasteiger partial charge in [-0.25, -0.2) is 4.79 Å². The molecule has 0 amide bonds. The number of nitriles is 1. The lowest BCUT2D eigenvalue weighted by Gasteiger charge is -2.29. The van der Waals surface area contributed by atoms with Crippen LogP contribution in [0.4, 0.5) is 0 Å². The zero-order valence-corrected chi connectivity index (χ0v) is 16.5. The molecule has 0 fully saturated rings. The quantitative estimate of drug-likeness (QED) is 0.767. The second-order valence-corrected chi connectivity index (χ2v) is 6.43. The average molecular weight is 370 g/mol. The molecule has 6 heteroatoms. The molecule has 1 aliphatic heterocycles. The Bertz CT molecular complexity index is 823. The summed E-state index contributed by atoms with van der Waals surface area (Å²) in [6, 6.07) is 5.94. The molecule has 2 rings (SSSR count). The number of allylic oxidation sites excluding steroid dienone is 2. The third-order valence-electron chi connectivity index (χ3n) is 4.43. The Morgan fingerprint density at radius 3 is 2.41 bits per heavy atom. The highest BCUT2D eigenvalue weighted by Crippen LogP contribution is 2.42. The maximum absolute atomic E-state index is 12.6. The first-order valence-electron chi connectivity index (χ1n) is 9.05. The molecule has 0 aliphatic carbocycles. The van der Waals surface area contributed by atoms with Crippen LogP contribution in [0.25, 0.3) is 0 Å². The molecule has 0 radical (unpaired) electrons. The van der Waals surface area contributed by atoms with Crippen LogP contribution in [-0.2, 0) is 14.3 Å².